The Labute approximate surface area is 94.4 Å². The van der Waals surface area contributed by atoms with Crippen molar-refractivity contribution in [1.82, 2.24) is 5.32 Å². The number of carbonyl (C=O) groups is 1. The van der Waals surface area contributed by atoms with E-state index in [2.05, 4.69) is 5.32 Å². The van der Waals surface area contributed by atoms with E-state index in [1.54, 1.807) is 6.07 Å². The van der Waals surface area contributed by atoms with E-state index >= 15 is 0 Å². The molecule has 0 spiro atoms. The molecule has 0 aliphatic heterocycles. The summed E-state index contributed by atoms with van der Waals surface area (Å²) in [5.74, 6) is 0.229. The molecule has 1 heterocycles. The second kappa shape index (κ2) is 4.39. The van der Waals surface area contributed by atoms with E-state index in [9.17, 15) is 4.79 Å². The number of benzene rings is 1. The van der Waals surface area contributed by atoms with Gasteiger partial charge >= 0.3 is 0 Å². The quantitative estimate of drug-likeness (QED) is 0.858. The number of furan rings is 1. The van der Waals surface area contributed by atoms with E-state index in [0.717, 1.165) is 17.4 Å². The van der Waals surface area contributed by atoms with Crippen molar-refractivity contribution in [3.05, 3.63) is 36.1 Å². The summed E-state index contributed by atoms with van der Waals surface area (Å²) >= 11 is 0. The number of fused-ring (bicyclic) bond motifs is 1. The second-order valence-corrected chi connectivity index (χ2v) is 3.93. The van der Waals surface area contributed by atoms with Crippen molar-refractivity contribution in [2.45, 2.75) is 26.3 Å². The van der Waals surface area contributed by atoms with Gasteiger partial charge in [-0.1, -0.05) is 25.1 Å². The highest BCUT2D eigenvalue weighted by Crippen LogP contribution is 2.18. The highest BCUT2D eigenvalue weighted by molar-refractivity contribution is 5.96. The molecule has 1 amide bonds. The summed E-state index contributed by atoms with van der Waals surface area (Å²) in [5.41, 5.74) is 0.747. The Bertz CT molecular complexity index is 468. The molecule has 0 fully saturated rings. The summed E-state index contributed by atoms with van der Waals surface area (Å²) in [5, 5.41) is 3.83. The summed E-state index contributed by atoms with van der Waals surface area (Å²) in [6, 6.07) is 9.54. The lowest BCUT2D eigenvalue weighted by atomic mass is 10.2. The molecule has 0 radical (unpaired) electrons. The molecule has 16 heavy (non-hydrogen) atoms. The van der Waals surface area contributed by atoms with Crippen LogP contribution in [0.5, 0.6) is 0 Å². The van der Waals surface area contributed by atoms with Crippen LogP contribution < -0.4 is 5.32 Å². The number of rotatable bonds is 3. The molecule has 0 saturated heterocycles. The molecule has 0 saturated carbocycles. The van der Waals surface area contributed by atoms with Gasteiger partial charge in [0.25, 0.3) is 5.91 Å². The zero-order valence-corrected chi connectivity index (χ0v) is 9.49. The molecule has 1 unspecified atom stereocenters. The maximum atomic E-state index is 11.8. The van der Waals surface area contributed by atoms with Crippen LogP contribution in [0.1, 0.15) is 30.8 Å². The number of hydrogen-bond acceptors (Lipinski definition) is 2. The van der Waals surface area contributed by atoms with Crippen molar-refractivity contribution in [3.63, 3.8) is 0 Å². The third-order valence-corrected chi connectivity index (χ3v) is 2.64. The third kappa shape index (κ3) is 2.08. The maximum Gasteiger partial charge on any atom is 0.287 e. The molecule has 0 bridgehead atoms. The molecule has 1 aromatic heterocycles. The fraction of sp³-hybridized carbons (Fsp3) is 0.308. The average molecular weight is 217 g/mol. The van der Waals surface area contributed by atoms with Gasteiger partial charge in [0, 0.05) is 11.4 Å². The average Bonchev–Trinajstić information content (AvgIpc) is 2.72. The van der Waals surface area contributed by atoms with Crippen molar-refractivity contribution in [2.24, 2.45) is 0 Å². The Balaban J connectivity index is 2.23. The first kappa shape index (κ1) is 10.7. The van der Waals surface area contributed by atoms with Gasteiger partial charge in [-0.3, -0.25) is 4.79 Å². The summed E-state index contributed by atoms with van der Waals surface area (Å²) in [6.45, 7) is 4.00. The monoisotopic (exact) mass is 217 g/mol. The molecule has 0 aliphatic rings. The number of amides is 1. The molecule has 2 rings (SSSR count). The van der Waals surface area contributed by atoms with Crippen LogP contribution in [-0.2, 0) is 0 Å². The summed E-state index contributed by atoms with van der Waals surface area (Å²) in [4.78, 5) is 11.8. The summed E-state index contributed by atoms with van der Waals surface area (Å²) in [7, 11) is 0. The Hall–Kier alpha value is -1.77. The Morgan fingerprint density at radius 2 is 2.19 bits per heavy atom. The first-order valence-corrected chi connectivity index (χ1v) is 5.50. The van der Waals surface area contributed by atoms with Gasteiger partial charge in [-0.2, -0.15) is 0 Å². The molecule has 1 atom stereocenters. The zero-order chi connectivity index (χ0) is 11.5. The fourth-order valence-corrected chi connectivity index (χ4v) is 1.49. The van der Waals surface area contributed by atoms with Crippen LogP contribution in [0, 0.1) is 0 Å². The van der Waals surface area contributed by atoms with Gasteiger partial charge in [-0.05, 0) is 25.5 Å². The Kier molecular flexibility index (Phi) is 2.95. The second-order valence-electron chi connectivity index (χ2n) is 3.93. The summed E-state index contributed by atoms with van der Waals surface area (Å²) < 4.78 is 5.46. The van der Waals surface area contributed by atoms with Crippen LogP contribution in [0.2, 0.25) is 0 Å². The molecule has 84 valence electrons. The Morgan fingerprint density at radius 1 is 1.44 bits per heavy atom. The molecular weight excluding hydrogens is 202 g/mol. The van der Waals surface area contributed by atoms with Crippen LogP contribution in [0.3, 0.4) is 0 Å². The lowest BCUT2D eigenvalue weighted by molar-refractivity contribution is 0.0913. The van der Waals surface area contributed by atoms with E-state index in [1.165, 1.54) is 0 Å². The number of nitrogens with one attached hydrogen (secondary N) is 1. The predicted molar refractivity (Wildman–Crippen MR) is 63.4 cm³/mol. The highest BCUT2D eigenvalue weighted by Gasteiger charge is 2.13. The highest BCUT2D eigenvalue weighted by atomic mass is 16.3. The van der Waals surface area contributed by atoms with Gasteiger partial charge in [0.2, 0.25) is 0 Å². The normalized spacial score (nSPS) is 12.6. The van der Waals surface area contributed by atoms with Crippen LogP contribution in [0.15, 0.2) is 34.7 Å². The Morgan fingerprint density at radius 3 is 2.88 bits per heavy atom. The largest absolute Gasteiger partial charge is 0.451 e. The van der Waals surface area contributed by atoms with E-state index in [0.29, 0.717) is 5.76 Å². The van der Waals surface area contributed by atoms with Crippen molar-refractivity contribution in [2.75, 3.05) is 0 Å². The lowest BCUT2D eigenvalue weighted by Crippen LogP contribution is -2.31. The number of para-hydroxylation sites is 1. The predicted octanol–water partition coefficient (Wildman–Crippen LogP) is 2.96. The van der Waals surface area contributed by atoms with Crippen LogP contribution in [0.25, 0.3) is 11.0 Å². The van der Waals surface area contributed by atoms with E-state index in [-0.39, 0.29) is 11.9 Å². The van der Waals surface area contributed by atoms with Gasteiger partial charge < -0.3 is 9.73 Å². The molecule has 0 aliphatic carbocycles. The zero-order valence-electron chi connectivity index (χ0n) is 9.49. The number of hydrogen-bond donors (Lipinski definition) is 1. The molecular formula is C13H15NO2. The van der Waals surface area contributed by atoms with Crippen molar-refractivity contribution < 1.29 is 9.21 Å². The van der Waals surface area contributed by atoms with Gasteiger partial charge in [-0.25, -0.2) is 0 Å². The van der Waals surface area contributed by atoms with Crippen LogP contribution >= 0.6 is 0 Å². The first-order valence-electron chi connectivity index (χ1n) is 5.50. The minimum atomic E-state index is -0.148. The fourth-order valence-electron chi connectivity index (χ4n) is 1.49. The molecule has 1 aromatic carbocycles. The molecule has 3 heteroatoms. The number of carbonyl (C=O) groups excluding carboxylic acids is 1. The van der Waals surface area contributed by atoms with Gasteiger partial charge in [0.1, 0.15) is 5.58 Å². The van der Waals surface area contributed by atoms with Gasteiger partial charge in [-0.15, -0.1) is 0 Å². The van der Waals surface area contributed by atoms with Crippen molar-refractivity contribution in [3.8, 4) is 0 Å². The third-order valence-electron chi connectivity index (χ3n) is 2.64. The lowest BCUT2D eigenvalue weighted by Gasteiger charge is -2.08. The van der Waals surface area contributed by atoms with E-state index in [4.69, 9.17) is 4.42 Å². The van der Waals surface area contributed by atoms with Crippen molar-refractivity contribution in [1.29, 1.82) is 0 Å². The summed E-state index contributed by atoms with van der Waals surface area (Å²) in [6.07, 6.45) is 0.909. The SMILES string of the molecule is CCC(C)NC(=O)c1cc2ccccc2o1. The first-order chi connectivity index (χ1) is 7.70. The smallest absolute Gasteiger partial charge is 0.287 e. The van der Waals surface area contributed by atoms with Gasteiger partial charge in [0.05, 0.1) is 0 Å². The topological polar surface area (TPSA) is 42.2 Å². The molecule has 3 nitrogen and oxygen atoms in total. The molecule has 2 aromatic rings. The van der Waals surface area contributed by atoms with E-state index in [1.807, 2.05) is 38.1 Å². The minimum Gasteiger partial charge on any atom is -0.451 e. The standard InChI is InChI=1S/C13H15NO2/c1-3-9(2)14-13(15)12-8-10-6-4-5-7-11(10)16-12/h4-9H,3H2,1-2H3,(H,14,15). The van der Waals surface area contributed by atoms with Gasteiger partial charge in [0.15, 0.2) is 5.76 Å². The molecule has 1 N–H and O–H groups in total. The minimum absolute atomic E-state index is 0.148. The van der Waals surface area contributed by atoms with E-state index < -0.39 is 0 Å². The maximum absolute atomic E-state index is 11.8. The van der Waals surface area contributed by atoms with Crippen LogP contribution in [-0.4, -0.2) is 11.9 Å². The van der Waals surface area contributed by atoms with Crippen molar-refractivity contribution >= 4 is 16.9 Å². The van der Waals surface area contributed by atoms with Crippen LogP contribution in [0.4, 0.5) is 0 Å².